The molecule has 0 aliphatic rings. The number of hydrogen-bond acceptors (Lipinski definition) is 3. The molecule has 0 aromatic heterocycles. The number of hydrogen-bond donors (Lipinski definition) is 3. The van der Waals surface area contributed by atoms with E-state index in [4.69, 9.17) is 10.8 Å². The Balaban J connectivity index is 4.04. The van der Waals surface area contributed by atoms with E-state index in [1.165, 1.54) is 0 Å². The largest absolute Gasteiger partial charge is 0.481 e. The highest BCUT2D eigenvalue weighted by Gasteiger charge is 2.16. The molecule has 0 radical (unpaired) electrons. The van der Waals surface area contributed by atoms with E-state index < -0.39 is 5.97 Å². The van der Waals surface area contributed by atoms with Crippen LogP contribution in [0, 0.1) is 17.8 Å². The number of rotatable bonds is 10. The topological polar surface area (TPSA) is 92.4 Å². The zero-order chi connectivity index (χ0) is 14.8. The Bertz CT molecular complexity index is 280. The van der Waals surface area contributed by atoms with Crippen LogP contribution < -0.4 is 11.1 Å². The Kier molecular flexibility index (Phi) is 9.21. The van der Waals surface area contributed by atoms with Crippen molar-refractivity contribution in [1.82, 2.24) is 5.32 Å². The zero-order valence-corrected chi connectivity index (χ0v) is 12.3. The molecule has 0 saturated carbocycles. The van der Waals surface area contributed by atoms with Gasteiger partial charge < -0.3 is 16.2 Å². The molecule has 0 aliphatic carbocycles. The van der Waals surface area contributed by atoms with Gasteiger partial charge in [-0.2, -0.15) is 0 Å². The fourth-order valence-electron chi connectivity index (χ4n) is 2.13. The van der Waals surface area contributed by atoms with Crippen LogP contribution in [0.5, 0.6) is 0 Å². The third-order valence-corrected chi connectivity index (χ3v) is 3.24. The fourth-order valence-corrected chi connectivity index (χ4v) is 2.13. The maximum Gasteiger partial charge on any atom is 0.303 e. The van der Waals surface area contributed by atoms with Crippen LogP contribution in [0.2, 0.25) is 0 Å². The second-order valence-electron chi connectivity index (χ2n) is 5.61. The van der Waals surface area contributed by atoms with Crippen molar-refractivity contribution in [2.24, 2.45) is 23.5 Å². The van der Waals surface area contributed by atoms with Crippen molar-refractivity contribution in [2.75, 3.05) is 13.1 Å². The van der Waals surface area contributed by atoms with Gasteiger partial charge in [0.15, 0.2) is 0 Å². The Hall–Kier alpha value is -1.10. The van der Waals surface area contributed by atoms with Crippen molar-refractivity contribution >= 4 is 11.9 Å². The van der Waals surface area contributed by atoms with Gasteiger partial charge in [-0.1, -0.05) is 27.2 Å². The predicted octanol–water partition coefficient (Wildman–Crippen LogP) is 1.61. The quantitative estimate of drug-likeness (QED) is 0.563. The van der Waals surface area contributed by atoms with Crippen LogP contribution >= 0.6 is 0 Å². The average Bonchev–Trinajstić information content (AvgIpc) is 2.32. The number of carboxylic acids is 1. The van der Waals surface area contributed by atoms with Gasteiger partial charge in [0.1, 0.15) is 0 Å². The minimum Gasteiger partial charge on any atom is -0.481 e. The van der Waals surface area contributed by atoms with Gasteiger partial charge >= 0.3 is 5.97 Å². The maximum absolute atomic E-state index is 11.8. The van der Waals surface area contributed by atoms with Crippen molar-refractivity contribution < 1.29 is 14.7 Å². The molecule has 112 valence electrons. The lowest BCUT2D eigenvalue weighted by Gasteiger charge is -2.18. The number of carbonyl (C=O) groups is 2. The first-order valence-corrected chi connectivity index (χ1v) is 7.07. The maximum atomic E-state index is 11.8. The Labute approximate surface area is 115 Å². The summed E-state index contributed by atoms with van der Waals surface area (Å²) in [4.78, 5) is 22.4. The molecule has 0 bridgehead atoms. The summed E-state index contributed by atoms with van der Waals surface area (Å²) in [5.74, 6) is -0.111. The van der Waals surface area contributed by atoms with Crippen molar-refractivity contribution in [3.05, 3.63) is 0 Å². The molecule has 0 aromatic carbocycles. The van der Waals surface area contributed by atoms with Crippen LogP contribution in [-0.4, -0.2) is 30.1 Å². The molecule has 19 heavy (non-hydrogen) atoms. The van der Waals surface area contributed by atoms with Gasteiger partial charge in [0.2, 0.25) is 5.91 Å². The van der Waals surface area contributed by atoms with Crippen molar-refractivity contribution in [3.8, 4) is 0 Å². The van der Waals surface area contributed by atoms with E-state index in [1.54, 1.807) is 0 Å². The molecule has 0 saturated heterocycles. The molecule has 0 heterocycles. The van der Waals surface area contributed by atoms with Crippen molar-refractivity contribution in [1.29, 1.82) is 0 Å². The molecular weight excluding hydrogens is 244 g/mol. The van der Waals surface area contributed by atoms with Gasteiger partial charge in [-0.15, -0.1) is 0 Å². The molecule has 0 spiro atoms. The number of carbonyl (C=O) groups excluding carboxylic acids is 1. The first-order chi connectivity index (χ1) is 8.88. The predicted molar refractivity (Wildman–Crippen MR) is 75.7 cm³/mol. The lowest BCUT2D eigenvalue weighted by Crippen LogP contribution is -2.33. The third-order valence-electron chi connectivity index (χ3n) is 3.24. The summed E-state index contributed by atoms with van der Waals surface area (Å²) < 4.78 is 0. The van der Waals surface area contributed by atoms with E-state index in [0.29, 0.717) is 25.4 Å². The van der Waals surface area contributed by atoms with E-state index in [9.17, 15) is 9.59 Å². The van der Waals surface area contributed by atoms with E-state index in [-0.39, 0.29) is 24.2 Å². The van der Waals surface area contributed by atoms with Crippen LogP contribution in [0.4, 0.5) is 0 Å². The molecule has 5 nitrogen and oxygen atoms in total. The molecule has 1 amide bonds. The van der Waals surface area contributed by atoms with Gasteiger partial charge in [-0.05, 0) is 30.7 Å². The minimum absolute atomic E-state index is 0.00266. The lowest BCUT2D eigenvalue weighted by molar-refractivity contribution is -0.138. The second-order valence-corrected chi connectivity index (χ2v) is 5.61. The summed E-state index contributed by atoms with van der Waals surface area (Å²) in [5.41, 5.74) is 5.66. The van der Waals surface area contributed by atoms with E-state index in [0.717, 1.165) is 12.8 Å². The minimum atomic E-state index is -0.819. The van der Waals surface area contributed by atoms with Gasteiger partial charge in [-0.3, -0.25) is 9.59 Å². The van der Waals surface area contributed by atoms with Crippen LogP contribution in [0.3, 0.4) is 0 Å². The first-order valence-electron chi connectivity index (χ1n) is 7.07. The van der Waals surface area contributed by atoms with E-state index in [1.807, 2.05) is 6.92 Å². The van der Waals surface area contributed by atoms with Gasteiger partial charge in [0.05, 0.1) is 0 Å². The summed E-state index contributed by atoms with van der Waals surface area (Å²) in [6, 6.07) is 0. The summed E-state index contributed by atoms with van der Waals surface area (Å²) in [6.45, 7) is 7.10. The lowest BCUT2D eigenvalue weighted by atomic mass is 9.94. The highest BCUT2D eigenvalue weighted by atomic mass is 16.4. The van der Waals surface area contributed by atoms with Gasteiger partial charge in [-0.25, -0.2) is 0 Å². The zero-order valence-electron chi connectivity index (χ0n) is 12.3. The van der Waals surface area contributed by atoms with Crippen LogP contribution in [0.1, 0.15) is 46.5 Å². The second kappa shape index (κ2) is 9.78. The average molecular weight is 272 g/mol. The number of carboxylic acid groups (broad SMARTS) is 1. The molecule has 0 aromatic rings. The standard InChI is InChI=1S/C14H28N2O3/c1-4-11(7-14(18)19)9-16-13(17)6-12(8-15)5-10(2)3/h10-12H,4-9,15H2,1-3H3,(H,16,17)(H,18,19)/t11?,12-/m0/s1. The Morgan fingerprint density at radius 1 is 1.21 bits per heavy atom. The SMILES string of the molecule is CCC(CNC(=O)C[C@@H](CN)CC(C)C)CC(=O)O. The monoisotopic (exact) mass is 272 g/mol. The molecule has 4 N–H and O–H groups in total. The first kappa shape index (κ1) is 17.9. The number of aliphatic carboxylic acids is 1. The summed E-state index contributed by atoms with van der Waals surface area (Å²) in [6.07, 6.45) is 2.22. The third kappa shape index (κ3) is 9.47. The highest BCUT2D eigenvalue weighted by Crippen LogP contribution is 2.14. The number of amides is 1. The van der Waals surface area contributed by atoms with E-state index in [2.05, 4.69) is 19.2 Å². The molecule has 5 heteroatoms. The molecule has 2 atom stereocenters. The molecular formula is C14H28N2O3. The smallest absolute Gasteiger partial charge is 0.303 e. The van der Waals surface area contributed by atoms with Crippen LogP contribution in [0.15, 0.2) is 0 Å². The van der Waals surface area contributed by atoms with E-state index >= 15 is 0 Å². The molecule has 0 rings (SSSR count). The van der Waals surface area contributed by atoms with Crippen LogP contribution in [-0.2, 0) is 9.59 Å². The summed E-state index contributed by atoms with van der Waals surface area (Å²) in [5, 5.41) is 11.6. The highest BCUT2D eigenvalue weighted by molar-refractivity contribution is 5.76. The molecule has 1 unspecified atom stereocenters. The van der Waals surface area contributed by atoms with Crippen LogP contribution in [0.25, 0.3) is 0 Å². The van der Waals surface area contributed by atoms with Gasteiger partial charge in [0, 0.05) is 19.4 Å². The summed E-state index contributed by atoms with van der Waals surface area (Å²) >= 11 is 0. The molecule has 0 fully saturated rings. The Morgan fingerprint density at radius 3 is 2.26 bits per heavy atom. The number of nitrogens with one attached hydrogen (secondary N) is 1. The van der Waals surface area contributed by atoms with Gasteiger partial charge in [0.25, 0.3) is 0 Å². The fraction of sp³-hybridized carbons (Fsp3) is 0.857. The van der Waals surface area contributed by atoms with Crippen molar-refractivity contribution in [3.63, 3.8) is 0 Å². The summed E-state index contributed by atoms with van der Waals surface area (Å²) in [7, 11) is 0. The molecule has 0 aliphatic heterocycles. The number of nitrogens with two attached hydrogens (primary N) is 1. The Morgan fingerprint density at radius 2 is 1.84 bits per heavy atom. The normalized spacial score (nSPS) is 14.2. The van der Waals surface area contributed by atoms with Crippen molar-refractivity contribution in [2.45, 2.75) is 46.5 Å².